The molecule has 3 nitrogen and oxygen atoms in total. The van der Waals surface area contributed by atoms with Crippen molar-refractivity contribution in [3.8, 4) is 5.75 Å². The second-order valence-electron chi connectivity index (χ2n) is 5.87. The zero-order chi connectivity index (χ0) is 17.5. The number of amidine groups is 1. The predicted octanol–water partition coefficient (Wildman–Crippen LogP) is 5.06. The Hall–Kier alpha value is -3.07. The topological polar surface area (TPSA) is 33.6 Å². The number of rotatable bonds is 5. The first-order chi connectivity index (χ1) is 12.2. The molecule has 0 unspecified atom stereocenters. The summed E-state index contributed by atoms with van der Waals surface area (Å²) in [6, 6.07) is 26.5. The minimum Gasteiger partial charge on any atom is -0.497 e. The van der Waals surface area contributed by atoms with Crippen molar-refractivity contribution in [2.75, 3.05) is 12.4 Å². The van der Waals surface area contributed by atoms with E-state index < -0.39 is 0 Å². The van der Waals surface area contributed by atoms with E-state index in [0.717, 1.165) is 22.8 Å². The fraction of sp³-hybridized carbons (Fsp3) is 0.136. The van der Waals surface area contributed by atoms with Gasteiger partial charge in [-0.3, -0.25) is 4.99 Å². The van der Waals surface area contributed by atoms with Crippen LogP contribution < -0.4 is 10.1 Å². The van der Waals surface area contributed by atoms with Crippen molar-refractivity contribution < 1.29 is 4.74 Å². The minimum atomic E-state index is 0.626. The smallest absolute Gasteiger partial charge is 0.133 e. The zero-order valence-corrected chi connectivity index (χ0v) is 14.6. The van der Waals surface area contributed by atoms with E-state index in [0.29, 0.717) is 6.54 Å². The van der Waals surface area contributed by atoms with Crippen molar-refractivity contribution in [3.63, 3.8) is 0 Å². The third-order valence-corrected chi connectivity index (χ3v) is 3.94. The van der Waals surface area contributed by atoms with Gasteiger partial charge in [-0.05, 0) is 48.9 Å². The van der Waals surface area contributed by atoms with Gasteiger partial charge in [0.25, 0.3) is 0 Å². The second-order valence-corrected chi connectivity index (χ2v) is 5.87. The van der Waals surface area contributed by atoms with E-state index in [9.17, 15) is 0 Å². The lowest BCUT2D eigenvalue weighted by Gasteiger charge is -2.12. The lowest BCUT2D eigenvalue weighted by atomic mass is 10.1. The van der Waals surface area contributed by atoms with Gasteiger partial charge in [0.15, 0.2) is 0 Å². The molecular weight excluding hydrogens is 308 g/mol. The summed E-state index contributed by atoms with van der Waals surface area (Å²) in [5, 5.41) is 3.44. The third-order valence-electron chi connectivity index (χ3n) is 3.94. The van der Waals surface area contributed by atoms with Gasteiger partial charge in [0.1, 0.15) is 11.6 Å². The molecule has 126 valence electrons. The second kappa shape index (κ2) is 8.15. The Balaban J connectivity index is 1.87. The minimum absolute atomic E-state index is 0.626. The van der Waals surface area contributed by atoms with Crippen LogP contribution in [0.3, 0.4) is 0 Å². The lowest BCUT2D eigenvalue weighted by Crippen LogP contribution is -2.14. The summed E-state index contributed by atoms with van der Waals surface area (Å²) in [7, 11) is 1.67. The van der Waals surface area contributed by atoms with Crippen molar-refractivity contribution in [2.24, 2.45) is 4.99 Å². The molecule has 0 aliphatic rings. The van der Waals surface area contributed by atoms with E-state index in [1.807, 2.05) is 42.5 Å². The molecule has 0 aliphatic heterocycles. The quantitative estimate of drug-likeness (QED) is 0.524. The molecule has 0 heterocycles. The molecule has 3 heteroatoms. The fourth-order valence-electron chi connectivity index (χ4n) is 2.48. The molecule has 0 saturated heterocycles. The zero-order valence-electron chi connectivity index (χ0n) is 14.6. The van der Waals surface area contributed by atoms with Crippen LogP contribution in [0.25, 0.3) is 0 Å². The molecule has 0 radical (unpaired) electrons. The molecule has 3 aromatic rings. The molecular formula is C22H22N2O. The number of hydrogen-bond acceptors (Lipinski definition) is 2. The highest BCUT2D eigenvalue weighted by molar-refractivity contribution is 6.08. The van der Waals surface area contributed by atoms with Crippen LogP contribution in [0.5, 0.6) is 5.75 Å². The van der Waals surface area contributed by atoms with E-state index in [4.69, 9.17) is 9.73 Å². The molecule has 25 heavy (non-hydrogen) atoms. The van der Waals surface area contributed by atoms with Crippen molar-refractivity contribution in [3.05, 3.63) is 95.6 Å². The van der Waals surface area contributed by atoms with Gasteiger partial charge in [0, 0.05) is 11.3 Å². The summed E-state index contributed by atoms with van der Waals surface area (Å²) < 4.78 is 5.25. The molecule has 0 aliphatic carbocycles. The summed E-state index contributed by atoms with van der Waals surface area (Å²) in [5.41, 5.74) is 4.46. The summed E-state index contributed by atoms with van der Waals surface area (Å²) in [6.45, 7) is 2.71. The number of nitrogens with one attached hydrogen (secondary N) is 1. The summed E-state index contributed by atoms with van der Waals surface area (Å²) in [6.07, 6.45) is 0. The van der Waals surface area contributed by atoms with Gasteiger partial charge in [-0.2, -0.15) is 0 Å². The van der Waals surface area contributed by atoms with E-state index in [-0.39, 0.29) is 0 Å². The van der Waals surface area contributed by atoms with Crippen LogP contribution in [0, 0.1) is 6.92 Å². The number of methoxy groups -OCH3 is 1. The summed E-state index contributed by atoms with van der Waals surface area (Å²) in [5.74, 6) is 1.68. The third kappa shape index (κ3) is 4.70. The molecule has 1 N–H and O–H groups in total. The number of anilines is 1. The van der Waals surface area contributed by atoms with Crippen molar-refractivity contribution >= 4 is 11.5 Å². The Morgan fingerprint density at radius 1 is 0.880 bits per heavy atom. The van der Waals surface area contributed by atoms with Crippen LogP contribution in [0.4, 0.5) is 5.69 Å². The monoisotopic (exact) mass is 330 g/mol. The van der Waals surface area contributed by atoms with Crippen LogP contribution in [0.15, 0.2) is 83.9 Å². The number of benzene rings is 3. The van der Waals surface area contributed by atoms with Crippen molar-refractivity contribution in [2.45, 2.75) is 13.5 Å². The number of ether oxygens (including phenoxy) is 1. The van der Waals surface area contributed by atoms with E-state index >= 15 is 0 Å². The lowest BCUT2D eigenvalue weighted by molar-refractivity contribution is 0.415. The molecule has 3 aromatic carbocycles. The van der Waals surface area contributed by atoms with Crippen LogP contribution in [-0.4, -0.2) is 12.9 Å². The maximum absolute atomic E-state index is 5.25. The number of nitrogens with zero attached hydrogens (tertiary/aromatic N) is 1. The molecule has 0 atom stereocenters. The maximum atomic E-state index is 5.25. The highest BCUT2D eigenvalue weighted by Gasteiger charge is 2.05. The van der Waals surface area contributed by atoms with Crippen LogP contribution >= 0.6 is 0 Å². The SMILES string of the molecule is COc1ccc(C(=NCc2ccccc2)Nc2ccc(C)cc2)cc1. The first kappa shape index (κ1) is 16.8. The normalized spacial score (nSPS) is 11.2. The molecule has 3 rings (SSSR count). The van der Waals surface area contributed by atoms with Crippen LogP contribution in [-0.2, 0) is 6.54 Å². The number of hydrogen-bond donors (Lipinski definition) is 1. The highest BCUT2D eigenvalue weighted by atomic mass is 16.5. The van der Waals surface area contributed by atoms with Crippen LogP contribution in [0.1, 0.15) is 16.7 Å². The highest BCUT2D eigenvalue weighted by Crippen LogP contribution is 2.16. The summed E-state index contributed by atoms with van der Waals surface area (Å²) >= 11 is 0. The van der Waals surface area contributed by atoms with Gasteiger partial charge < -0.3 is 10.1 Å². The largest absolute Gasteiger partial charge is 0.497 e. The first-order valence-corrected chi connectivity index (χ1v) is 8.31. The van der Waals surface area contributed by atoms with Crippen LogP contribution in [0.2, 0.25) is 0 Å². The molecule has 0 spiro atoms. The number of aryl methyl sites for hydroxylation is 1. The van der Waals surface area contributed by atoms with Gasteiger partial charge in [0.2, 0.25) is 0 Å². The Morgan fingerprint density at radius 3 is 2.20 bits per heavy atom. The van der Waals surface area contributed by atoms with Gasteiger partial charge in [-0.25, -0.2) is 0 Å². The Morgan fingerprint density at radius 2 is 1.56 bits per heavy atom. The molecule has 0 saturated carbocycles. The Bertz CT molecular complexity index is 822. The average Bonchev–Trinajstić information content (AvgIpc) is 2.67. The van der Waals surface area contributed by atoms with Gasteiger partial charge in [-0.1, -0.05) is 48.0 Å². The molecule has 0 aromatic heterocycles. The molecule has 0 bridgehead atoms. The van der Waals surface area contributed by atoms with E-state index in [1.165, 1.54) is 11.1 Å². The molecule has 0 fully saturated rings. The van der Waals surface area contributed by atoms with Crippen molar-refractivity contribution in [1.29, 1.82) is 0 Å². The molecule has 0 amide bonds. The summed E-state index contributed by atoms with van der Waals surface area (Å²) in [4.78, 5) is 4.80. The fourth-order valence-corrected chi connectivity index (χ4v) is 2.48. The Labute approximate surface area is 149 Å². The van der Waals surface area contributed by atoms with E-state index in [2.05, 4.69) is 48.6 Å². The van der Waals surface area contributed by atoms with Crippen molar-refractivity contribution in [1.82, 2.24) is 0 Å². The Kier molecular flexibility index (Phi) is 5.47. The average molecular weight is 330 g/mol. The number of aliphatic imine (C=N–C) groups is 1. The van der Waals surface area contributed by atoms with Gasteiger partial charge >= 0.3 is 0 Å². The van der Waals surface area contributed by atoms with E-state index in [1.54, 1.807) is 7.11 Å². The first-order valence-electron chi connectivity index (χ1n) is 8.31. The van der Waals surface area contributed by atoms with Gasteiger partial charge in [0.05, 0.1) is 13.7 Å². The maximum Gasteiger partial charge on any atom is 0.133 e. The predicted molar refractivity (Wildman–Crippen MR) is 104 cm³/mol. The van der Waals surface area contributed by atoms with Gasteiger partial charge in [-0.15, -0.1) is 0 Å². The standard InChI is InChI=1S/C22H22N2O/c1-17-8-12-20(13-9-17)24-22(19-10-14-21(25-2)15-11-19)23-16-18-6-4-3-5-7-18/h3-15H,16H2,1-2H3,(H,23,24).